The molecule has 2 aromatic rings. The molecule has 1 aromatic carbocycles. The average Bonchev–Trinajstić information content (AvgIpc) is 2.61. The maximum Gasteiger partial charge on any atom is 0.328 e. The minimum absolute atomic E-state index is 0.0666. The standard InChI is InChI=1S/C15H16N2O3/c1-10(8-14(18)19)4-5-11-6-7-12-13(9-11)17(3)15(20)16(12)2/h4-9H,1-3H3,(H,18,19). The quantitative estimate of drug-likeness (QED) is 0.686. The Morgan fingerprint density at radius 3 is 2.50 bits per heavy atom. The first kappa shape index (κ1) is 13.9. The Labute approximate surface area is 116 Å². The van der Waals surface area contributed by atoms with E-state index in [9.17, 15) is 9.59 Å². The fraction of sp³-hybridized carbons (Fsp3) is 0.200. The fourth-order valence-corrected chi connectivity index (χ4v) is 2.10. The Kier molecular flexibility index (Phi) is 3.61. The molecule has 0 saturated carbocycles. The number of aliphatic carboxylic acids is 1. The van der Waals surface area contributed by atoms with E-state index >= 15 is 0 Å². The number of carboxylic acid groups (broad SMARTS) is 1. The summed E-state index contributed by atoms with van der Waals surface area (Å²) in [6, 6.07) is 5.68. The van der Waals surface area contributed by atoms with E-state index in [0.717, 1.165) is 22.7 Å². The molecule has 0 bridgehead atoms. The number of hydrogen-bond donors (Lipinski definition) is 1. The Bertz CT molecular complexity index is 791. The van der Waals surface area contributed by atoms with E-state index in [-0.39, 0.29) is 5.69 Å². The van der Waals surface area contributed by atoms with Crippen molar-refractivity contribution in [1.82, 2.24) is 9.13 Å². The van der Waals surface area contributed by atoms with E-state index < -0.39 is 5.97 Å². The van der Waals surface area contributed by atoms with Crippen LogP contribution in [0.2, 0.25) is 0 Å². The van der Waals surface area contributed by atoms with Crippen molar-refractivity contribution in [3.63, 3.8) is 0 Å². The molecule has 5 heteroatoms. The molecule has 0 amide bonds. The van der Waals surface area contributed by atoms with Gasteiger partial charge in [-0.15, -0.1) is 0 Å². The summed E-state index contributed by atoms with van der Waals surface area (Å²) in [6.45, 7) is 1.72. The third-order valence-electron chi connectivity index (χ3n) is 3.19. The van der Waals surface area contributed by atoms with E-state index in [1.807, 2.05) is 24.3 Å². The lowest BCUT2D eigenvalue weighted by atomic mass is 10.1. The second kappa shape index (κ2) is 5.21. The van der Waals surface area contributed by atoms with Gasteiger partial charge in [-0.3, -0.25) is 9.13 Å². The van der Waals surface area contributed by atoms with Crippen LogP contribution in [0.1, 0.15) is 12.5 Å². The Hall–Kier alpha value is -2.56. The van der Waals surface area contributed by atoms with Gasteiger partial charge in [0.1, 0.15) is 0 Å². The average molecular weight is 272 g/mol. The van der Waals surface area contributed by atoms with Crippen LogP contribution in [0.25, 0.3) is 17.1 Å². The topological polar surface area (TPSA) is 64.2 Å². The number of nitrogens with zero attached hydrogens (tertiary/aromatic N) is 2. The van der Waals surface area contributed by atoms with Gasteiger partial charge >= 0.3 is 11.7 Å². The number of fused-ring (bicyclic) bond motifs is 1. The second-order valence-corrected chi connectivity index (χ2v) is 4.71. The zero-order chi connectivity index (χ0) is 14.9. The number of carboxylic acids is 1. The summed E-state index contributed by atoms with van der Waals surface area (Å²) in [6.07, 6.45) is 4.70. The summed E-state index contributed by atoms with van der Waals surface area (Å²) < 4.78 is 3.19. The number of imidazole rings is 1. The van der Waals surface area contributed by atoms with E-state index in [2.05, 4.69) is 0 Å². The van der Waals surface area contributed by atoms with Gasteiger partial charge in [0.15, 0.2) is 0 Å². The Morgan fingerprint density at radius 2 is 1.85 bits per heavy atom. The van der Waals surface area contributed by atoms with Gasteiger partial charge in [-0.25, -0.2) is 9.59 Å². The van der Waals surface area contributed by atoms with Gasteiger partial charge in [-0.2, -0.15) is 0 Å². The third-order valence-corrected chi connectivity index (χ3v) is 3.19. The minimum Gasteiger partial charge on any atom is -0.478 e. The van der Waals surface area contributed by atoms with Crippen LogP contribution in [0, 0.1) is 0 Å². The molecule has 0 aliphatic carbocycles. The molecule has 0 fully saturated rings. The van der Waals surface area contributed by atoms with E-state index in [1.54, 1.807) is 36.2 Å². The van der Waals surface area contributed by atoms with Crippen molar-refractivity contribution < 1.29 is 9.90 Å². The maximum absolute atomic E-state index is 11.8. The van der Waals surface area contributed by atoms with E-state index in [0.29, 0.717) is 5.57 Å². The molecule has 1 N–H and O–H groups in total. The smallest absolute Gasteiger partial charge is 0.328 e. The highest BCUT2D eigenvalue weighted by molar-refractivity contribution is 5.82. The zero-order valence-electron chi connectivity index (χ0n) is 11.6. The number of allylic oxidation sites excluding steroid dienone is 2. The lowest BCUT2D eigenvalue weighted by molar-refractivity contribution is -0.131. The highest BCUT2D eigenvalue weighted by Crippen LogP contribution is 2.15. The zero-order valence-corrected chi connectivity index (χ0v) is 11.6. The van der Waals surface area contributed by atoms with Gasteiger partial charge in [-0.05, 0) is 30.2 Å². The molecule has 20 heavy (non-hydrogen) atoms. The van der Waals surface area contributed by atoms with Crippen molar-refractivity contribution in [2.45, 2.75) is 6.92 Å². The molecule has 0 atom stereocenters. The van der Waals surface area contributed by atoms with Gasteiger partial charge < -0.3 is 5.11 Å². The van der Waals surface area contributed by atoms with Crippen LogP contribution in [0.4, 0.5) is 0 Å². The number of carbonyl (C=O) groups is 1. The third kappa shape index (κ3) is 2.56. The van der Waals surface area contributed by atoms with Gasteiger partial charge in [0.05, 0.1) is 11.0 Å². The predicted molar refractivity (Wildman–Crippen MR) is 78.6 cm³/mol. The molecule has 0 spiro atoms. The minimum atomic E-state index is -0.965. The maximum atomic E-state index is 11.8. The van der Waals surface area contributed by atoms with Gasteiger partial charge in [0.2, 0.25) is 0 Å². The molecule has 0 unspecified atom stereocenters. The predicted octanol–water partition coefficient (Wildman–Crippen LogP) is 1.92. The van der Waals surface area contributed by atoms with Crippen LogP contribution in [-0.2, 0) is 18.9 Å². The van der Waals surface area contributed by atoms with Crippen molar-refractivity contribution >= 4 is 23.1 Å². The van der Waals surface area contributed by atoms with Crippen LogP contribution in [0.3, 0.4) is 0 Å². The van der Waals surface area contributed by atoms with Crippen LogP contribution in [0.5, 0.6) is 0 Å². The summed E-state index contributed by atoms with van der Waals surface area (Å²) in [5.74, 6) is -0.965. The summed E-state index contributed by atoms with van der Waals surface area (Å²) in [4.78, 5) is 22.3. The SMILES string of the molecule is CC(C=Cc1ccc2c(c1)n(C)c(=O)n2C)=CC(=O)O. The number of rotatable bonds is 3. The summed E-state index contributed by atoms with van der Waals surface area (Å²) in [5.41, 5.74) is 3.21. The number of aromatic nitrogens is 2. The first-order valence-electron chi connectivity index (χ1n) is 6.15. The monoisotopic (exact) mass is 272 g/mol. The Balaban J connectivity index is 2.43. The van der Waals surface area contributed by atoms with Crippen molar-refractivity contribution in [3.8, 4) is 0 Å². The summed E-state index contributed by atoms with van der Waals surface area (Å²) >= 11 is 0. The summed E-state index contributed by atoms with van der Waals surface area (Å²) in [7, 11) is 3.47. The van der Waals surface area contributed by atoms with Crippen molar-refractivity contribution in [1.29, 1.82) is 0 Å². The van der Waals surface area contributed by atoms with E-state index in [4.69, 9.17) is 5.11 Å². The molecule has 0 aliphatic heterocycles. The lowest BCUT2D eigenvalue weighted by Crippen LogP contribution is -2.19. The van der Waals surface area contributed by atoms with Crippen LogP contribution in [-0.4, -0.2) is 20.2 Å². The van der Waals surface area contributed by atoms with Crippen LogP contribution in [0.15, 0.2) is 40.7 Å². The van der Waals surface area contributed by atoms with Gasteiger partial charge in [0, 0.05) is 20.2 Å². The molecule has 1 heterocycles. The molecule has 0 radical (unpaired) electrons. The highest BCUT2D eigenvalue weighted by atomic mass is 16.4. The first-order valence-corrected chi connectivity index (χ1v) is 6.15. The number of benzene rings is 1. The number of hydrogen-bond acceptors (Lipinski definition) is 2. The first-order chi connectivity index (χ1) is 9.40. The Morgan fingerprint density at radius 1 is 1.20 bits per heavy atom. The van der Waals surface area contributed by atoms with Crippen molar-refractivity contribution in [2.75, 3.05) is 0 Å². The highest BCUT2D eigenvalue weighted by Gasteiger charge is 2.06. The fourth-order valence-electron chi connectivity index (χ4n) is 2.10. The largest absolute Gasteiger partial charge is 0.478 e. The van der Waals surface area contributed by atoms with Crippen molar-refractivity contribution in [2.24, 2.45) is 14.1 Å². The summed E-state index contributed by atoms with van der Waals surface area (Å²) in [5, 5.41) is 8.64. The lowest BCUT2D eigenvalue weighted by Gasteiger charge is -1.98. The molecule has 0 saturated heterocycles. The molecule has 2 rings (SSSR count). The van der Waals surface area contributed by atoms with Gasteiger partial charge in [0.25, 0.3) is 0 Å². The molecule has 5 nitrogen and oxygen atoms in total. The van der Waals surface area contributed by atoms with Crippen LogP contribution < -0.4 is 5.69 Å². The second-order valence-electron chi connectivity index (χ2n) is 4.71. The number of aryl methyl sites for hydroxylation is 2. The molecule has 1 aromatic heterocycles. The van der Waals surface area contributed by atoms with Crippen LogP contribution >= 0.6 is 0 Å². The van der Waals surface area contributed by atoms with Crippen molar-refractivity contribution in [3.05, 3.63) is 52.0 Å². The normalized spacial score (nSPS) is 12.4. The molecule has 0 aliphatic rings. The van der Waals surface area contributed by atoms with Gasteiger partial charge in [-0.1, -0.05) is 18.2 Å². The molecular formula is C15H16N2O3. The van der Waals surface area contributed by atoms with E-state index in [1.165, 1.54) is 0 Å². The molecule has 104 valence electrons. The molecular weight excluding hydrogens is 256 g/mol.